The zero-order chi connectivity index (χ0) is 12.1. The number of allylic oxidation sites excluding steroid dienone is 6. The first kappa shape index (κ1) is 11.9. The molecule has 0 radical (unpaired) electrons. The summed E-state index contributed by atoms with van der Waals surface area (Å²) in [6.45, 7) is 3.56. The molecule has 17 heavy (non-hydrogen) atoms. The van der Waals surface area contributed by atoms with Gasteiger partial charge in [0.25, 0.3) is 0 Å². The van der Waals surface area contributed by atoms with Gasteiger partial charge < -0.3 is 4.90 Å². The van der Waals surface area contributed by atoms with E-state index in [2.05, 4.69) is 36.5 Å². The third-order valence-electron chi connectivity index (χ3n) is 3.27. The second-order valence-corrected chi connectivity index (χ2v) is 4.38. The second-order valence-electron chi connectivity index (χ2n) is 4.38. The van der Waals surface area contributed by atoms with Crippen molar-refractivity contribution in [2.24, 2.45) is 0 Å². The van der Waals surface area contributed by atoms with Gasteiger partial charge in [0.05, 0.1) is 0 Å². The summed E-state index contributed by atoms with van der Waals surface area (Å²) in [6.07, 6.45) is 15.4. The van der Waals surface area contributed by atoms with E-state index in [1.54, 1.807) is 0 Å². The topological polar surface area (TPSA) is 20.3 Å². The number of hydrogen-bond acceptors (Lipinski definition) is 1. The minimum atomic E-state index is 0.259. The van der Waals surface area contributed by atoms with Crippen molar-refractivity contribution in [2.45, 2.75) is 26.2 Å². The summed E-state index contributed by atoms with van der Waals surface area (Å²) < 4.78 is 0. The van der Waals surface area contributed by atoms with Gasteiger partial charge in [0.15, 0.2) is 0 Å². The molecule has 0 spiro atoms. The lowest BCUT2D eigenvalue weighted by Crippen LogP contribution is -2.34. The number of carbonyl (C=O) groups is 1. The van der Waals surface area contributed by atoms with Gasteiger partial charge in [-0.15, -0.1) is 0 Å². The lowest BCUT2D eigenvalue weighted by Gasteiger charge is -2.27. The van der Waals surface area contributed by atoms with Gasteiger partial charge in [-0.25, -0.2) is 0 Å². The number of amides is 1. The normalized spacial score (nSPS) is 19.7. The quantitative estimate of drug-likeness (QED) is 0.713. The Labute approximate surface area is 103 Å². The van der Waals surface area contributed by atoms with Gasteiger partial charge in [-0.1, -0.05) is 43.4 Å². The molecule has 0 fully saturated rings. The molecule has 1 amide bonds. The van der Waals surface area contributed by atoms with Crippen molar-refractivity contribution in [3.05, 3.63) is 47.6 Å². The monoisotopic (exact) mass is 229 g/mol. The van der Waals surface area contributed by atoms with Crippen LogP contribution >= 0.6 is 0 Å². The fraction of sp³-hybridized carbons (Fsp3) is 0.400. The number of nitrogens with zero attached hydrogens (tertiary/aromatic N) is 1. The SMILES string of the molecule is CCC(=O)N1CC=C(C2=CC=CC=CC2)CC1. The maximum absolute atomic E-state index is 11.6. The Kier molecular flexibility index (Phi) is 3.97. The van der Waals surface area contributed by atoms with Gasteiger partial charge in [-0.3, -0.25) is 4.79 Å². The third kappa shape index (κ3) is 2.96. The maximum Gasteiger partial charge on any atom is 0.222 e. The maximum atomic E-state index is 11.6. The van der Waals surface area contributed by atoms with Crippen LogP contribution in [0.25, 0.3) is 0 Å². The molecule has 0 aromatic carbocycles. The summed E-state index contributed by atoms with van der Waals surface area (Å²) in [5, 5.41) is 0. The Bertz CT molecular complexity index is 413. The molecule has 1 aliphatic heterocycles. The van der Waals surface area contributed by atoms with Crippen molar-refractivity contribution in [1.82, 2.24) is 4.90 Å². The van der Waals surface area contributed by atoms with Crippen LogP contribution in [-0.4, -0.2) is 23.9 Å². The standard InChI is InChI=1S/C15H19NO/c1-2-15(17)16-11-9-14(10-12-16)13-7-5-3-4-6-8-13/h3-7,9H,2,8,10-12H2,1H3. The number of rotatable bonds is 2. The number of carbonyl (C=O) groups excluding carboxylic acids is 1. The highest BCUT2D eigenvalue weighted by Gasteiger charge is 2.16. The van der Waals surface area contributed by atoms with Gasteiger partial charge in [0, 0.05) is 19.5 Å². The average Bonchev–Trinajstić information content (AvgIpc) is 2.67. The van der Waals surface area contributed by atoms with E-state index in [1.165, 1.54) is 11.1 Å². The fourth-order valence-electron chi connectivity index (χ4n) is 2.23. The molecule has 2 rings (SSSR count). The van der Waals surface area contributed by atoms with Crippen LogP contribution in [0.15, 0.2) is 47.6 Å². The highest BCUT2D eigenvalue weighted by molar-refractivity contribution is 5.76. The Morgan fingerprint density at radius 3 is 2.88 bits per heavy atom. The smallest absolute Gasteiger partial charge is 0.222 e. The van der Waals surface area contributed by atoms with Gasteiger partial charge in [-0.05, 0) is 24.0 Å². The van der Waals surface area contributed by atoms with E-state index in [4.69, 9.17) is 0 Å². The van der Waals surface area contributed by atoms with E-state index in [0.29, 0.717) is 6.42 Å². The molecule has 2 nitrogen and oxygen atoms in total. The summed E-state index contributed by atoms with van der Waals surface area (Å²) >= 11 is 0. The summed E-state index contributed by atoms with van der Waals surface area (Å²) in [6, 6.07) is 0. The van der Waals surface area contributed by atoms with E-state index in [1.807, 2.05) is 11.8 Å². The van der Waals surface area contributed by atoms with Crippen molar-refractivity contribution in [3.8, 4) is 0 Å². The van der Waals surface area contributed by atoms with Crippen LogP contribution in [0.4, 0.5) is 0 Å². The second kappa shape index (κ2) is 5.67. The molecule has 0 bridgehead atoms. The van der Waals surface area contributed by atoms with Crippen molar-refractivity contribution in [3.63, 3.8) is 0 Å². The molecule has 0 unspecified atom stereocenters. The number of hydrogen-bond donors (Lipinski definition) is 0. The first-order valence-corrected chi connectivity index (χ1v) is 6.31. The van der Waals surface area contributed by atoms with Gasteiger partial charge >= 0.3 is 0 Å². The Morgan fingerprint density at radius 2 is 2.18 bits per heavy atom. The largest absolute Gasteiger partial charge is 0.339 e. The molecule has 0 saturated heterocycles. The molecule has 0 saturated carbocycles. The summed E-state index contributed by atoms with van der Waals surface area (Å²) in [4.78, 5) is 13.5. The van der Waals surface area contributed by atoms with E-state index in [9.17, 15) is 4.79 Å². The first-order chi connectivity index (χ1) is 8.31. The first-order valence-electron chi connectivity index (χ1n) is 6.31. The third-order valence-corrected chi connectivity index (χ3v) is 3.27. The molecule has 90 valence electrons. The molecular weight excluding hydrogens is 210 g/mol. The molecular formula is C15H19NO. The van der Waals surface area contributed by atoms with Gasteiger partial charge in [-0.2, -0.15) is 0 Å². The van der Waals surface area contributed by atoms with Gasteiger partial charge in [0.2, 0.25) is 5.91 Å². The molecule has 0 atom stereocenters. The summed E-state index contributed by atoms with van der Waals surface area (Å²) in [7, 11) is 0. The highest BCUT2D eigenvalue weighted by Crippen LogP contribution is 2.23. The van der Waals surface area contributed by atoms with Crippen molar-refractivity contribution >= 4 is 5.91 Å². The minimum Gasteiger partial charge on any atom is -0.339 e. The molecule has 1 aliphatic carbocycles. The van der Waals surface area contributed by atoms with Crippen LogP contribution in [0.5, 0.6) is 0 Å². The van der Waals surface area contributed by atoms with E-state index >= 15 is 0 Å². The van der Waals surface area contributed by atoms with E-state index in [0.717, 1.165) is 25.9 Å². The lowest BCUT2D eigenvalue weighted by atomic mass is 9.96. The molecule has 2 aliphatic rings. The zero-order valence-electron chi connectivity index (χ0n) is 10.4. The lowest BCUT2D eigenvalue weighted by molar-refractivity contribution is -0.130. The predicted octanol–water partition coefficient (Wildman–Crippen LogP) is 3.00. The van der Waals surface area contributed by atoms with Crippen LogP contribution in [0.3, 0.4) is 0 Å². The summed E-state index contributed by atoms with van der Waals surface area (Å²) in [5.41, 5.74) is 2.79. The molecule has 0 N–H and O–H groups in total. The van der Waals surface area contributed by atoms with E-state index < -0.39 is 0 Å². The Balaban J connectivity index is 2.03. The van der Waals surface area contributed by atoms with Crippen molar-refractivity contribution in [2.75, 3.05) is 13.1 Å². The van der Waals surface area contributed by atoms with Crippen LogP contribution in [0, 0.1) is 0 Å². The van der Waals surface area contributed by atoms with E-state index in [-0.39, 0.29) is 5.91 Å². The molecule has 1 heterocycles. The molecule has 0 aromatic heterocycles. The van der Waals surface area contributed by atoms with Crippen LogP contribution < -0.4 is 0 Å². The Hall–Kier alpha value is -1.57. The van der Waals surface area contributed by atoms with Crippen molar-refractivity contribution < 1.29 is 4.79 Å². The summed E-state index contributed by atoms with van der Waals surface area (Å²) in [5.74, 6) is 0.259. The average molecular weight is 229 g/mol. The van der Waals surface area contributed by atoms with Crippen LogP contribution in [0.1, 0.15) is 26.2 Å². The van der Waals surface area contributed by atoms with Crippen LogP contribution in [0.2, 0.25) is 0 Å². The minimum absolute atomic E-state index is 0.259. The van der Waals surface area contributed by atoms with Gasteiger partial charge in [0.1, 0.15) is 0 Å². The van der Waals surface area contributed by atoms with Crippen LogP contribution in [-0.2, 0) is 4.79 Å². The fourth-order valence-corrected chi connectivity index (χ4v) is 2.23. The zero-order valence-corrected chi connectivity index (χ0v) is 10.4. The van der Waals surface area contributed by atoms with Crippen molar-refractivity contribution in [1.29, 1.82) is 0 Å². The Morgan fingerprint density at radius 1 is 1.29 bits per heavy atom. The molecule has 0 aromatic rings. The highest BCUT2D eigenvalue weighted by atomic mass is 16.2. The molecule has 2 heteroatoms. The predicted molar refractivity (Wildman–Crippen MR) is 70.6 cm³/mol.